The summed E-state index contributed by atoms with van der Waals surface area (Å²) in [5.41, 5.74) is 6.09. The highest BCUT2D eigenvalue weighted by molar-refractivity contribution is 9.10. The number of nitrogens with zero attached hydrogens (tertiary/aromatic N) is 1. The summed E-state index contributed by atoms with van der Waals surface area (Å²) in [6.45, 7) is 0. The molecule has 0 fully saturated rings. The molecular weight excluding hydrogens is 332 g/mol. The molecule has 0 radical (unpaired) electrons. The number of amidine groups is 1. The topological polar surface area (TPSA) is 67.8 Å². The maximum absolute atomic E-state index is 8.77. The average molecular weight is 342 g/mol. The molecule has 0 atom stereocenters. The second-order valence-electron chi connectivity index (χ2n) is 3.66. The van der Waals surface area contributed by atoms with Gasteiger partial charge in [0.05, 0.1) is 10.6 Å². The Morgan fingerprint density at radius 3 is 2.63 bits per heavy atom. The molecule has 2 aromatic rings. The lowest BCUT2D eigenvalue weighted by molar-refractivity contribution is 0.318. The molecule has 0 aliphatic carbocycles. The van der Waals surface area contributed by atoms with E-state index < -0.39 is 0 Å². The predicted molar refractivity (Wildman–Crippen MR) is 78.2 cm³/mol. The minimum atomic E-state index is -0.0328. The van der Waals surface area contributed by atoms with Gasteiger partial charge < -0.3 is 15.7 Å². The fourth-order valence-corrected chi connectivity index (χ4v) is 2.01. The van der Waals surface area contributed by atoms with E-state index in [1.54, 1.807) is 36.4 Å². The standard InChI is InChI=1S/C13H10BrClN2O2/c14-8-5-6-9(13(16)17-18)12(7-8)19-11-4-2-1-3-10(11)15/h1-7,18H,(H2,16,17). The van der Waals surface area contributed by atoms with E-state index in [1.807, 2.05) is 6.07 Å². The number of nitrogens with two attached hydrogens (primary N) is 1. The van der Waals surface area contributed by atoms with Crippen molar-refractivity contribution in [2.45, 2.75) is 0 Å². The summed E-state index contributed by atoms with van der Waals surface area (Å²) >= 11 is 9.38. The second-order valence-corrected chi connectivity index (χ2v) is 4.98. The van der Waals surface area contributed by atoms with Gasteiger partial charge in [-0.15, -0.1) is 0 Å². The van der Waals surface area contributed by atoms with Gasteiger partial charge in [0.2, 0.25) is 0 Å². The summed E-state index contributed by atoms with van der Waals surface area (Å²) in [6.07, 6.45) is 0. The van der Waals surface area contributed by atoms with Crippen LogP contribution in [0.15, 0.2) is 52.1 Å². The molecule has 0 saturated carbocycles. The fourth-order valence-electron chi connectivity index (χ4n) is 1.49. The Kier molecular flexibility index (Phi) is 4.29. The Hall–Kier alpha value is -1.72. The fraction of sp³-hybridized carbons (Fsp3) is 0. The molecule has 19 heavy (non-hydrogen) atoms. The number of oxime groups is 1. The molecule has 0 saturated heterocycles. The molecule has 98 valence electrons. The highest BCUT2D eigenvalue weighted by Crippen LogP contribution is 2.32. The summed E-state index contributed by atoms with van der Waals surface area (Å²) in [6, 6.07) is 12.2. The minimum Gasteiger partial charge on any atom is -0.455 e. The van der Waals surface area contributed by atoms with Crippen LogP contribution in [0.4, 0.5) is 0 Å². The van der Waals surface area contributed by atoms with E-state index in [-0.39, 0.29) is 5.84 Å². The number of halogens is 2. The summed E-state index contributed by atoms with van der Waals surface area (Å²) < 4.78 is 6.52. The SMILES string of the molecule is N/C(=N/O)c1ccc(Br)cc1Oc1ccccc1Cl. The molecule has 0 aliphatic rings. The van der Waals surface area contributed by atoms with Crippen molar-refractivity contribution in [3.63, 3.8) is 0 Å². The predicted octanol–water partition coefficient (Wildman–Crippen LogP) is 3.99. The molecule has 3 N–H and O–H groups in total. The maximum atomic E-state index is 8.77. The zero-order chi connectivity index (χ0) is 13.8. The van der Waals surface area contributed by atoms with Gasteiger partial charge in [-0.2, -0.15) is 0 Å². The monoisotopic (exact) mass is 340 g/mol. The van der Waals surface area contributed by atoms with Crippen molar-refractivity contribution in [2.24, 2.45) is 10.9 Å². The molecule has 0 amide bonds. The zero-order valence-corrected chi connectivity index (χ0v) is 12.0. The van der Waals surface area contributed by atoms with Gasteiger partial charge in [-0.3, -0.25) is 0 Å². The first-order chi connectivity index (χ1) is 9.11. The Labute approximate surface area is 123 Å². The third kappa shape index (κ3) is 3.19. The molecule has 0 spiro atoms. The molecule has 0 heterocycles. The van der Waals surface area contributed by atoms with Crippen LogP contribution >= 0.6 is 27.5 Å². The molecule has 0 aliphatic heterocycles. The van der Waals surface area contributed by atoms with Gasteiger partial charge in [0.15, 0.2) is 5.84 Å². The maximum Gasteiger partial charge on any atom is 0.173 e. The highest BCUT2D eigenvalue weighted by atomic mass is 79.9. The molecule has 0 aromatic heterocycles. The molecule has 2 rings (SSSR count). The largest absolute Gasteiger partial charge is 0.455 e. The number of benzene rings is 2. The first kappa shape index (κ1) is 13.7. The van der Waals surface area contributed by atoms with Crippen molar-refractivity contribution in [3.05, 3.63) is 57.5 Å². The molecule has 6 heteroatoms. The lowest BCUT2D eigenvalue weighted by Gasteiger charge is -2.11. The van der Waals surface area contributed by atoms with E-state index in [0.29, 0.717) is 22.1 Å². The Balaban J connectivity index is 2.44. The van der Waals surface area contributed by atoms with E-state index in [0.717, 1.165) is 4.47 Å². The van der Waals surface area contributed by atoms with Crippen molar-refractivity contribution >= 4 is 33.4 Å². The van der Waals surface area contributed by atoms with Crippen LogP contribution in [0.2, 0.25) is 5.02 Å². The third-order valence-corrected chi connectivity index (χ3v) is 3.19. The van der Waals surface area contributed by atoms with E-state index in [1.165, 1.54) is 0 Å². The average Bonchev–Trinajstić information content (AvgIpc) is 2.41. The molecule has 0 bridgehead atoms. The van der Waals surface area contributed by atoms with Crippen LogP contribution in [0.5, 0.6) is 11.5 Å². The van der Waals surface area contributed by atoms with Crippen LogP contribution in [-0.2, 0) is 0 Å². The van der Waals surface area contributed by atoms with Crippen LogP contribution in [0.3, 0.4) is 0 Å². The Bertz CT molecular complexity index is 632. The van der Waals surface area contributed by atoms with Crippen molar-refractivity contribution in [2.75, 3.05) is 0 Å². The van der Waals surface area contributed by atoms with Crippen LogP contribution in [0, 0.1) is 0 Å². The van der Waals surface area contributed by atoms with Crippen LogP contribution in [-0.4, -0.2) is 11.0 Å². The minimum absolute atomic E-state index is 0.0328. The van der Waals surface area contributed by atoms with Gasteiger partial charge in [0.1, 0.15) is 11.5 Å². The van der Waals surface area contributed by atoms with Crippen molar-refractivity contribution < 1.29 is 9.94 Å². The van der Waals surface area contributed by atoms with Gasteiger partial charge in [-0.05, 0) is 30.3 Å². The van der Waals surface area contributed by atoms with E-state index in [2.05, 4.69) is 21.1 Å². The molecular formula is C13H10BrClN2O2. The van der Waals surface area contributed by atoms with Gasteiger partial charge in [-0.1, -0.05) is 44.8 Å². The lowest BCUT2D eigenvalue weighted by Crippen LogP contribution is -2.14. The summed E-state index contributed by atoms with van der Waals surface area (Å²) in [7, 11) is 0. The summed E-state index contributed by atoms with van der Waals surface area (Å²) in [4.78, 5) is 0. The third-order valence-electron chi connectivity index (χ3n) is 2.38. The smallest absolute Gasteiger partial charge is 0.173 e. The second kappa shape index (κ2) is 5.95. The van der Waals surface area contributed by atoms with Gasteiger partial charge in [0, 0.05) is 4.47 Å². The van der Waals surface area contributed by atoms with Crippen LogP contribution < -0.4 is 10.5 Å². The van der Waals surface area contributed by atoms with E-state index in [9.17, 15) is 0 Å². The van der Waals surface area contributed by atoms with E-state index in [4.69, 9.17) is 27.3 Å². The zero-order valence-electron chi connectivity index (χ0n) is 9.68. The number of ether oxygens (including phenoxy) is 1. The van der Waals surface area contributed by atoms with Crippen LogP contribution in [0.1, 0.15) is 5.56 Å². The lowest BCUT2D eigenvalue weighted by atomic mass is 10.2. The Morgan fingerprint density at radius 2 is 1.95 bits per heavy atom. The molecule has 4 nitrogen and oxygen atoms in total. The quantitative estimate of drug-likeness (QED) is 0.384. The summed E-state index contributed by atoms with van der Waals surface area (Å²) in [5.74, 6) is 0.904. The first-order valence-electron chi connectivity index (χ1n) is 5.31. The first-order valence-corrected chi connectivity index (χ1v) is 6.48. The van der Waals surface area contributed by atoms with Gasteiger partial charge >= 0.3 is 0 Å². The number of hydrogen-bond acceptors (Lipinski definition) is 3. The van der Waals surface area contributed by atoms with Crippen molar-refractivity contribution in [1.29, 1.82) is 0 Å². The van der Waals surface area contributed by atoms with Gasteiger partial charge in [0.25, 0.3) is 0 Å². The molecule has 0 unspecified atom stereocenters. The molecule has 2 aromatic carbocycles. The number of hydrogen-bond donors (Lipinski definition) is 2. The Morgan fingerprint density at radius 1 is 1.21 bits per heavy atom. The van der Waals surface area contributed by atoms with Crippen LogP contribution in [0.25, 0.3) is 0 Å². The number of para-hydroxylation sites is 1. The summed E-state index contributed by atoms with van der Waals surface area (Å²) in [5, 5.41) is 12.2. The number of rotatable bonds is 3. The van der Waals surface area contributed by atoms with E-state index >= 15 is 0 Å². The van der Waals surface area contributed by atoms with Crippen molar-refractivity contribution in [3.8, 4) is 11.5 Å². The normalized spacial score (nSPS) is 11.4. The van der Waals surface area contributed by atoms with Crippen molar-refractivity contribution in [1.82, 2.24) is 0 Å². The van der Waals surface area contributed by atoms with Gasteiger partial charge in [-0.25, -0.2) is 0 Å². The highest BCUT2D eigenvalue weighted by Gasteiger charge is 2.11.